The molecule has 4 nitrogen and oxygen atoms in total. The molecule has 0 aliphatic heterocycles. The summed E-state index contributed by atoms with van der Waals surface area (Å²) in [5, 5.41) is 2.70. The topological polar surface area (TPSA) is 64.3 Å². The summed E-state index contributed by atoms with van der Waals surface area (Å²) in [4.78, 5) is 10.9. The minimum absolute atomic E-state index is 0. The summed E-state index contributed by atoms with van der Waals surface area (Å²) in [5.74, 6) is 0.690. The van der Waals surface area contributed by atoms with Gasteiger partial charge in [0, 0.05) is 6.54 Å². The summed E-state index contributed by atoms with van der Waals surface area (Å²) in [6.45, 7) is 3.12. The summed E-state index contributed by atoms with van der Waals surface area (Å²) in [7, 11) is 0. The Balaban J connectivity index is 0.00000225. The molecule has 0 saturated heterocycles. The van der Waals surface area contributed by atoms with Crippen LogP contribution in [0.3, 0.4) is 0 Å². The van der Waals surface area contributed by atoms with E-state index < -0.39 is 0 Å². The molecule has 0 heterocycles. The Morgan fingerprint density at radius 2 is 2.00 bits per heavy atom. The first-order valence-electron chi connectivity index (χ1n) is 4.94. The van der Waals surface area contributed by atoms with Crippen molar-refractivity contribution in [2.45, 2.75) is 13.5 Å². The molecule has 0 saturated carbocycles. The standard InChI is InChI=1S/C11H16N2O2.ClH/c1-2-15-10-5-3-9(4-6-10)8-13-11(14)7-12;/h3-6H,2,7-8,12H2,1H3,(H,13,14);1H. The first kappa shape index (κ1) is 14.7. The van der Waals surface area contributed by atoms with Gasteiger partial charge in [-0.15, -0.1) is 12.4 Å². The Morgan fingerprint density at radius 3 is 2.50 bits per heavy atom. The van der Waals surface area contributed by atoms with Crippen molar-refractivity contribution < 1.29 is 9.53 Å². The highest BCUT2D eigenvalue weighted by molar-refractivity contribution is 5.85. The van der Waals surface area contributed by atoms with Gasteiger partial charge in [0.1, 0.15) is 5.75 Å². The Hall–Kier alpha value is -1.26. The molecule has 3 N–H and O–H groups in total. The van der Waals surface area contributed by atoms with Crippen LogP contribution in [0.5, 0.6) is 5.75 Å². The van der Waals surface area contributed by atoms with E-state index in [2.05, 4.69) is 5.32 Å². The van der Waals surface area contributed by atoms with E-state index in [0.29, 0.717) is 13.2 Å². The molecule has 0 spiro atoms. The molecule has 1 aromatic rings. The van der Waals surface area contributed by atoms with Crippen molar-refractivity contribution in [2.75, 3.05) is 13.2 Å². The number of benzene rings is 1. The second-order valence-electron chi connectivity index (χ2n) is 3.06. The minimum Gasteiger partial charge on any atom is -0.494 e. The first-order chi connectivity index (χ1) is 7.26. The van der Waals surface area contributed by atoms with E-state index in [0.717, 1.165) is 11.3 Å². The highest BCUT2D eigenvalue weighted by Crippen LogP contribution is 2.11. The molecule has 1 rings (SSSR count). The van der Waals surface area contributed by atoms with Crippen LogP contribution in [0, 0.1) is 0 Å². The van der Waals surface area contributed by atoms with Gasteiger partial charge in [0.15, 0.2) is 0 Å². The predicted octanol–water partition coefficient (Wildman–Crippen LogP) is 1.08. The number of carbonyl (C=O) groups is 1. The molecule has 0 aromatic heterocycles. The molecule has 0 aliphatic rings. The van der Waals surface area contributed by atoms with Gasteiger partial charge >= 0.3 is 0 Å². The molecule has 1 aromatic carbocycles. The molecular formula is C11H17ClN2O2. The molecule has 0 fully saturated rings. The summed E-state index contributed by atoms with van der Waals surface area (Å²) >= 11 is 0. The summed E-state index contributed by atoms with van der Waals surface area (Å²) in [5.41, 5.74) is 6.20. The fraction of sp³-hybridized carbons (Fsp3) is 0.364. The largest absolute Gasteiger partial charge is 0.494 e. The number of carbonyl (C=O) groups excluding carboxylic acids is 1. The van der Waals surface area contributed by atoms with Crippen molar-refractivity contribution in [1.29, 1.82) is 0 Å². The molecule has 0 radical (unpaired) electrons. The molecule has 0 bridgehead atoms. The van der Waals surface area contributed by atoms with Crippen molar-refractivity contribution in [3.05, 3.63) is 29.8 Å². The van der Waals surface area contributed by atoms with Crippen molar-refractivity contribution in [1.82, 2.24) is 5.32 Å². The van der Waals surface area contributed by atoms with Crippen LogP contribution in [0.2, 0.25) is 0 Å². The van der Waals surface area contributed by atoms with Gasteiger partial charge in [-0.25, -0.2) is 0 Å². The Bertz CT molecular complexity index is 314. The third-order valence-corrected chi connectivity index (χ3v) is 1.91. The number of ether oxygens (including phenoxy) is 1. The summed E-state index contributed by atoms with van der Waals surface area (Å²) < 4.78 is 5.30. The van der Waals surface area contributed by atoms with Gasteiger partial charge < -0.3 is 15.8 Å². The Labute approximate surface area is 102 Å². The van der Waals surface area contributed by atoms with E-state index in [1.165, 1.54) is 0 Å². The molecule has 90 valence electrons. The monoisotopic (exact) mass is 244 g/mol. The lowest BCUT2D eigenvalue weighted by atomic mass is 10.2. The van der Waals surface area contributed by atoms with E-state index in [-0.39, 0.29) is 24.9 Å². The van der Waals surface area contributed by atoms with Crippen molar-refractivity contribution in [3.63, 3.8) is 0 Å². The maximum atomic E-state index is 10.9. The lowest BCUT2D eigenvalue weighted by Gasteiger charge is -2.05. The zero-order chi connectivity index (χ0) is 11.1. The zero-order valence-electron chi connectivity index (χ0n) is 9.23. The van der Waals surface area contributed by atoms with E-state index in [4.69, 9.17) is 10.5 Å². The molecule has 1 amide bonds. The van der Waals surface area contributed by atoms with Crippen molar-refractivity contribution in [2.24, 2.45) is 5.73 Å². The Morgan fingerprint density at radius 1 is 1.38 bits per heavy atom. The van der Waals surface area contributed by atoms with E-state index in [1.54, 1.807) is 0 Å². The zero-order valence-corrected chi connectivity index (χ0v) is 10.0. The fourth-order valence-corrected chi connectivity index (χ4v) is 1.14. The molecule has 16 heavy (non-hydrogen) atoms. The molecular weight excluding hydrogens is 228 g/mol. The average molecular weight is 245 g/mol. The van der Waals surface area contributed by atoms with Crippen LogP contribution in [0.1, 0.15) is 12.5 Å². The smallest absolute Gasteiger partial charge is 0.234 e. The fourth-order valence-electron chi connectivity index (χ4n) is 1.14. The summed E-state index contributed by atoms with van der Waals surface area (Å²) in [6.07, 6.45) is 0. The third kappa shape index (κ3) is 5.00. The number of nitrogens with one attached hydrogen (secondary N) is 1. The number of nitrogens with two attached hydrogens (primary N) is 1. The van der Waals surface area contributed by atoms with Crippen LogP contribution in [-0.2, 0) is 11.3 Å². The highest BCUT2D eigenvalue weighted by Gasteiger charge is 1.98. The number of rotatable bonds is 5. The van der Waals surface area contributed by atoms with Crippen LogP contribution in [0.25, 0.3) is 0 Å². The lowest BCUT2D eigenvalue weighted by Crippen LogP contribution is -2.29. The van der Waals surface area contributed by atoms with E-state index in [1.807, 2.05) is 31.2 Å². The number of halogens is 1. The lowest BCUT2D eigenvalue weighted by molar-refractivity contribution is -0.119. The van der Waals surface area contributed by atoms with Crippen molar-refractivity contribution >= 4 is 18.3 Å². The molecule has 0 unspecified atom stereocenters. The molecule has 0 atom stereocenters. The van der Waals surface area contributed by atoms with Gasteiger partial charge in [0.2, 0.25) is 5.91 Å². The quantitative estimate of drug-likeness (QED) is 0.815. The third-order valence-electron chi connectivity index (χ3n) is 1.91. The van der Waals surface area contributed by atoms with E-state index >= 15 is 0 Å². The van der Waals surface area contributed by atoms with Gasteiger partial charge in [0.05, 0.1) is 13.2 Å². The van der Waals surface area contributed by atoms with Gasteiger partial charge in [-0.2, -0.15) is 0 Å². The van der Waals surface area contributed by atoms with Gasteiger partial charge in [-0.3, -0.25) is 4.79 Å². The molecule has 0 aliphatic carbocycles. The van der Waals surface area contributed by atoms with Crippen LogP contribution in [0.15, 0.2) is 24.3 Å². The highest BCUT2D eigenvalue weighted by atomic mass is 35.5. The van der Waals surface area contributed by atoms with E-state index in [9.17, 15) is 4.79 Å². The minimum atomic E-state index is -0.149. The number of amides is 1. The van der Waals surface area contributed by atoms with Gasteiger partial charge in [0.25, 0.3) is 0 Å². The average Bonchev–Trinajstić information content (AvgIpc) is 2.28. The maximum absolute atomic E-state index is 10.9. The van der Waals surface area contributed by atoms with Crippen molar-refractivity contribution in [3.8, 4) is 5.75 Å². The number of hydrogen-bond acceptors (Lipinski definition) is 3. The molecule has 5 heteroatoms. The maximum Gasteiger partial charge on any atom is 0.234 e. The second-order valence-corrected chi connectivity index (χ2v) is 3.06. The summed E-state index contributed by atoms with van der Waals surface area (Å²) in [6, 6.07) is 7.60. The van der Waals surface area contributed by atoms with Crippen LogP contribution < -0.4 is 15.8 Å². The van der Waals surface area contributed by atoms with Gasteiger partial charge in [-0.1, -0.05) is 12.1 Å². The normalized spacial score (nSPS) is 9.12. The Kier molecular flexibility index (Phi) is 7.33. The van der Waals surface area contributed by atoms with Crippen LogP contribution >= 0.6 is 12.4 Å². The SMILES string of the molecule is CCOc1ccc(CNC(=O)CN)cc1.Cl. The second kappa shape index (κ2) is 7.96. The van der Waals surface area contributed by atoms with Gasteiger partial charge in [-0.05, 0) is 24.6 Å². The number of hydrogen-bond donors (Lipinski definition) is 2. The predicted molar refractivity (Wildman–Crippen MR) is 65.8 cm³/mol. The first-order valence-corrected chi connectivity index (χ1v) is 4.94. The van der Waals surface area contributed by atoms with Crippen LogP contribution in [0.4, 0.5) is 0 Å². The van der Waals surface area contributed by atoms with Crippen LogP contribution in [-0.4, -0.2) is 19.1 Å².